The molecule has 1 heterocycles. The molecule has 0 atom stereocenters. The first-order valence-electron chi connectivity index (χ1n) is 4.01. The van der Waals surface area contributed by atoms with E-state index in [0.717, 1.165) is 6.92 Å². The Bertz CT molecular complexity index is 473. The number of aromatic amines is 1. The Kier molecular flexibility index (Phi) is 2.06. The van der Waals surface area contributed by atoms with Crippen LogP contribution in [0.4, 0.5) is 8.78 Å². The number of para-hydroxylation sites is 1. The average Bonchev–Trinajstić information content (AvgIpc) is 2.47. The quantitative estimate of drug-likeness (QED) is 0.836. The van der Waals surface area contributed by atoms with Crippen LogP contribution in [-0.2, 0) is 5.92 Å². The second-order valence-electron chi connectivity index (χ2n) is 3.12. The molecule has 1 aromatic heterocycles. The molecule has 0 saturated heterocycles. The third kappa shape index (κ3) is 1.41. The van der Waals surface area contributed by atoms with E-state index in [1.165, 1.54) is 0 Å². The number of benzene rings is 1. The Morgan fingerprint density at radius 1 is 1.43 bits per heavy atom. The van der Waals surface area contributed by atoms with Crippen LogP contribution in [-0.4, -0.2) is 10.2 Å². The number of hydrogen-bond acceptors (Lipinski definition) is 1. The minimum Gasteiger partial charge on any atom is -0.275 e. The highest BCUT2D eigenvalue weighted by molar-refractivity contribution is 9.10. The van der Waals surface area contributed by atoms with E-state index < -0.39 is 5.92 Å². The topological polar surface area (TPSA) is 28.7 Å². The highest BCUT2D eigenvalue weighted by Crippen LogP contribution is 2.33. The first-order valence-corrected chi connectivity index (χ1v) is 4.80. The minimum absolute atomic E-state index is 0.145. The molecule has 0 amide bonds. The Morgan fingerprint density at radius 2 is 2.14 bits per heavy atom. The lowest BCUT2D eigenvalue weighted by atomic mass is 10.1. The number of rotatable bonds is 1. The van der Waals surface area contributed by atoms with Gasteiger partial charge in [-0.15, -0.1) is 0 Å². The molecule has 0 unspecified atom stereocenters. The lowest BCUT2D eigenvalue weighted by Crippen LogP contribution is -2.07. The first-order chi connectivity index (χ1) is 6.50. The zero-order valence-electron chi connectivity index (χ0n) is 7.31. The van der Waals surface area contributed by atoms with Crippen LogP contribution in [0.25, 0.3) is 10.9 Å². The van der Waals surface area contributed by atoms with E-state index in [-0.39, 0.29) is 5.69 Å². The van der Waals surface area contributed by atoms with Crippen LogP contribution < -0.4 is 0 Å². The van der Waals surface area contributed by atoms with E-state index in [9.17, 15) is 8.78 Å². The van der Waals surface area contributed by atoms with Crippen molar-refractivity contribution in [1.82, 2.24) is 10.2 Å². The number of nitrogens with zero attached hydrogens (tertiary/aromatic N) is 1. The van der Waals surface area contributed by atoms with Gasteiger partial charge in [0, 0.05) is 16.8 Å². The second kappa shape index (κ2) is 3.02. The van der Waals surface area contributed by atoms with Crippen LogP contribution in [0, 0.1) is 0 Å². The summed E-state index contributed by atoms with van der Waals surface area (Å²) < 4.78 is 26.8. The predicted molar refractivity (Wildman–Crippen MR) is 53.4 cm³/mol. The molecule has 0 fully saturated rings. The van der Waals surface area contributed by atoms with Gasteiger partial charge in [-0.25, -0.2) is 0 Å². The molecule has 0 bridgehead atoms. The van der Waals surface area contributed by atoms with Crippen LogP contribution in [0.15, 0.2) is 22.7 Å². The molecular formula is C9H7BrF2N2. The van der Waals surface area contributed by atoms with Gasteiger partial charge in [0.05, 0.1) is 0 Å². The van der Waals surface area contributed by atoms with Crippen molar-refractivity contribution < 1.29 is 8.78 Å². The van der Waals surface area contributed by atoms with Gasteiger partial charge >= 0.3 is 0 Å². The van der Waals surface area contributed by atoms with Crippen LogP contribution >= 0.6 is 15.9 Å². The molecule has 0 aliphatic rings. The maximum Gasteiger partial charge on any atom is 0.287 e. The normalized spacial score (nSPS) is 12.3. The lowest BCUT2D eigenvalue weighted by Gasteiger charge is -2.07. The van der Waals surface area contributed by atoms with Crippen molar-refractivity contribution in [1.29, 1.82) is 0 Å². The molecule has 0 radical (unpaired) electrons. The van der Waals surface area contributed by atoms with Gasteiger partial charge in [0.15, 0.2) is 0 Å². The maximum absolute atomic E-state index is 13.1. The molecule has 1 N–H and O–H groups in total. The van der Waals surface area contributed by atoms with Crippen molar-refractivity contribution in [2.45, 2.75) is 12.8 Å². The van der Waals surface area contributed by atoms with Gasteiger partial charge in [-0.1, -0.05) is 12.1 Å². The average molecular weight is 261 g/mol. The predicted octanol–water partition coefficient (Wildman–Crippen LogP) is 3.44. The summed E-state index contributed by atoms with van der Waals surface area (Å²) in [4.78, 5) is 0. The highest BCUT2D eigenvalue weighted by Gasteiger charge is 2.29. The van der Waals surface area contributed by atoms with Crippen LogP contribution in [0.2, 0.25) is 0 Å². The monoisotopic (exact) mass is 260 g/mol. The number of fused-ring (bicyclic) bond motifs is 1. The molecule has 74 valence electrons. The maximum atomic E-state index is 13.1. The summed E-state index contributed by atoms with van der Waals surface area (Å²) in [5, 5.41) is 6.65. The van der Waals surface area contributed by atoms with Gasteiger partial charge in [-0.2, -0.15) is 13.9 Å². The van der Waals surface area contributed by atoms with Gasteiger partial charge in [0.25, 0.3) is 5.92 Å². The van der Waals surface area contributed by atoms with E-state index in [4.69, 9.17) is 0 Å². The first kappa shape index (κ1) is 9.58. The number of aromatic nitrogens is 2. The van der Waals surface area contributed by atoms with Crippen molar-refractivity contribution in [3.05, 3.63) is 28.4 Å². The molecule has 2 aromatic rings. The van der Waals surface area contributed by atoms with Crippen molar-refractivity contribution in [3.8, 4) is 0 Å². The molecule has 0 aliphatic heterocycles. The van der Waals surface area contributed by atoms with E-state index in [2.05, 4.69) is 26.1 Å². The van der Waals surface area contributed by atoms with Crippen LogP contribution in [0.1, 0.15) is 12.6 Å². The molecule has 0 aliphatic carbocycles. The Balaban J connectivity index is 2.76. The molecule has 0 saturated carbocycles. The van der Waals surface area contributed by atoms with Gasteiger partial charge in [0.2, 0.25) is 0 Å². The fraction of sp³-hybridized carbons (Fsp3) is 0.222. The third-order valence-electron chi connectivity index (χ3n) is 1.97. The molecule has 0 spiro atoms. The standard InChI is InChI=1S/C9H7BrF2N2/c1-9(11,12)8-5-3-2-4-6(10)7(5)13-14-8/h2-4H,1H3,(H,13,14). The smallest absolute Gasteiger partial charge is 0.275 e. The SMILES string of the molecule is CC(F)(F)c1[nH]nc2c(Br)cccc12. The molecular weight excluding hydrogens is 254 g/mol. The Morgan fingerprint density at radius 3 is 2.79 bits per heavy atom. The van der Waals surface area contributed by atoms with Gasteiger partial charge < -0.3 is 0 Å². The van der Waals surface area contributed by atoms with Crippen LogP contribution in [0.5, 0.6) is 0 Å². The van der Waals surface area contributed by atoms with Crippen molar-refractivity contribution in [2.24, 2.45) is 0 Å². The molecule has 5 heteroatoms. The molecule has 2 rings (SSSR count). The Labute approximate surface area is 87.4 Å². The van der Waals surface area contributed by atoms with Crippen molar-refractivity contribution >= 4 is 26.8 Å². The summed E-state index contributed by atoms with van der Waals surface area (Å²) in [5.74, 6) is -2.89. The zero-order chi connectivity index (χ0) is 10.3. The number of hydrogen-bond donors (Lipinski definition) is 1. The highest BCUT2D eigenvalue weighted by atomic mass is 79.9. The van der Waals surface area contributed by atoms with Gasteiger partial charge in [0.1, 0.15) is 11.2 Å². The summed E-state index contributed by atoms with van der Waals surface area (Å²) in [6.45, 7) is 0.848. The second-order valence-corrected chi connectivity index (χ2v) is 3.98. The van der Waals surface area contributed by atoms with Gasteiger partial charge in [-0.3, -0.25) is 5.10 Å². The zero-order valence-corrected chi connectivity index (χ0v) is 8.90. The van der Waals surface area contributed by atoms with E-state index >= 15 is 0 Å². The molecule has 1 aromatic carbocycles. The van der Waals surface area contributed by atoms with E-state index in [0.29, 0.717) is 15.4 Å². The van der Waals surface area contributed by atoms with Crippen LogP contribution in [0.3, 0.4) is 0 Å². The summed E-state index contributed by atoms with van der Waals surface area (Å²) in [6, 6.07) is 5.09. The fourth-order valence-electron chi connectivity index (χ4n) is 1.34. The van der Waals surface area contributed by atoms with E-state index in [1.54, 1.807) is 18.2 Å². The summed E-state index contributed by atoms with van der Waals surface area (Å²) in [5.41, 5.74) is 0.387. The minimum atomic E-state index is -2.89. The van der Waals surface area contributed by atoms with Crippen molar-refractivity contribution in [3.63, 3.8) is 0 Å². The number of H-pyrrole nitrogens is 1. The number of alkyl halides is 2. The Hall–Kier alpha value is -0.970. The summed E-state index contributed by atoms with van der Waals surface area (Å²) in [7, 11) is 0. The van der Waals surface area contributed by atoms with Crippen molar-refractivity contribution in [2.75, 3.05) is 0 Å². The summed E-state index contributed by atoms with van der Waals surface area (Å²) >= 11 is 3.25. The largest absolute Gasteiger partial charge is 0.287 e. The summed E-state index contributed by atoms with van der Waals surface area (Å²) in [6.07, 6.45) is 0. The molecule has 2 nitrogen and oxygen atoms in total. The number of nitrogens with one attached hydrogen (secondary N) is 1. The van der Waals surface area contributed by atoms with Gasteiger partial charge in [-0.05, 0) is 22.0 Å². The molecule has 14 heavy (non-hydrogen) atoms. The fourth-order valence-corrected chi connectivity index (χ4v) is 1.79. The van der Waals surface area contributed by atoms with E-state index in [1.807, 2.05) is 0 Å². The number of halogens is 3. The third-order valence-corrected chi connectivity index (χ3v) is 2.61. The lowest BCUT2D eigenvalue weighted by molar-refractivity contribution is 0.0142.